The highest BCUT2D eigenvalue weighted by molar-refractivity contribution is 9.10. The van der Waals surface area contributed by atoms with E-state index in [-0.39, 0.29) is 6.17 Å². The lowest BCUT2D eigenvalue weighted by molar-refractivity contribution is 0.626. The minimum absolute atomic E-state index is 0.217. The number of halogens is 1. The molecule has 2 heterocycles. The van der Waals surface area contributed by atoms with Crippen LogP contribution in [0.25, 0.3) is 11.0 Å². The van der Waals surface area contributed by atoms with Gasteiger partial charge in [-0.2, -0.15) is 0 Å². The number of aromatic nitrogens is 2. The number of nitrogens with one attached hydrogen (secondary N) is 1. The molecule has 0 fully saturated rings. The molecule has 6 heteroatoms. The Morgan fingerprint density at radius 3 is 2.86 bits per heavy atom. The van der Waals surface area contributed by atoms with Crippen LogP contribution >= 0.6 is 15.9 Å². The van der Waals surface area contributed by atoms with Crippen molar-refractivity contribution in [2.75, 3.05) is 5.32 Å². The predicted molar refractivity (Wildman–Crippen MR) is 87.3 cm³/mol. The molecule has 1 aliphatic rings. The third-order valence-electron chi connectivity index (χ3n) is 3.49. The van der Waals surface area contributed by atoms with Gasteiger partial charge in [0, 0.05) is 4.47 Å². The van der Waals surface area contributed by atoms with Crippen molar-refractivity contribution < 1.29 is 0 Å². The zero-order valence-corrected chi connectivity index (χ0v) is 12.6. The van der Waals surface area contributed by atoms with Crippen molar-refractivity contribution in [2.24, 2.45) is 10.7 Å². The first-order chi connectivity index (χ1) is 10.2. The van der Waals surface area contributed by atoms with Crippen LogP contribution in [0.1, 0.15) is 11.7 Å². The number of anilines is 1. The first-order valence-electron chi connectivity index (χ1n) is 6.55. The molecule has 1 aromatic heterocycles. The molecule has 3 aromatic rings. The van der Waals surface area contributed by atoms with Crippen molar-refractivity contribution in [1.29, 1.82) is 0 Å². The first-order valence-corrected chi connectivity index (χ1v) is 7.34. The summed E-state index contributed by atoms with van der Waals surface area (Å²) in [4.78, 5) is 9.12. The second-order valence-corrected chi connectivity index (χ2v) is 5.78. The van der Waals surface area contributed by atoms with Crippen molar-refractivity contribution in [2.45, 2.75) is 6.17 Å². The number of imidazole rings is 1. The third-order valence-corrected chi connectivity index (χ3v) is 3.98. The smallest absolute Gasteiger partial charge is 0.212 e. The molecule has 0 radical (unpaired) electrons. The highest BCUT2D eigenvalue weighted by atomic mass is 79.9. The lowest BCUT2D eigenvalue weighted by Crippen LogP contribution is -2.31. The molecule has 5 nitrogen and oxygen atoms in total. The van der Waals surface area contributed by atoms with Gasteiger partial charge < -0.3 is 5.73 Å². The minimum atomic E-state index is -0.217. The quantitative estimate of drug-likeness (QED) is 0.714. The SMILES string of the molecule is NC1=NC(c2cccc(Br)c2)n2c(nc3ccccc32)N1. The molecule has 0 amide bonds. The van der Waals surface area contributed by atoms with E-state index in [4.69, 9.17) is 5.73 Å². The summed E-state index contributed by atoms with van der Waals surface area (Å²) in [5.41, 5.74) is 8.92. The number of hydrogen-bond acceptors (Lipinski definition) is 4. The van der Waals surface area contributed by atoms with Crippen molar-refractivity contribution >= 4 is 38.9 Å². The number of nitrogens with two attached hydrogens (primary N) is 1. The second kappa shape index (κ2) is 4.60. The van der Waals surface area contributed by atoms with Crippen LogP contribution in [0.3, 0.4) is 0 Å². The lowest BCUT2D eigenvalue weighted by atomic mass is 10.1. The fraction of sp³-hybridized carbons (Fsp3) is 0.0667. The zero-order valence-electron chi connectivity index (χ0n) is 11.0. The minimum Gasteiger partial charge on any atom is -0.370 e. The van der Waals surface area contributed by atoms with Crippen molar-refractivity contribution in [3.8, 4) is 0 Å². The number of hydrogen-bond donors (Lipinski definition) is 2. The van der Waals surface area contributed by atoms with Crippen LogP contribution in [0.4, 0.5) is 5.95 Å². The zero-order chi connectivity index (χ0) is 14.4. The van der Waals surface area contributed by atoms with Gasteiger partial charge in [-0.3, -0.25) is 9.88 Å². The van der Waals surface area contributed by atoms with E-state index in [1.165, 1.54) is 0 Å². The van der Waals surface area contributed by atoms with E-state index < -0.39 is 0 Å². The van der Waals surface area contributed by atoms with Crippen molar-refractivity contribution in [3.63, 3.8) is 0 Å². The molecular formula is C15H12BrN5. The van der Waals surface area contributed by atoms with Gasteiger partial charge >= 0.3 is 0 Å². The molecule has 21 heavy (non-hydrogen) atoms. The molecule has 4 rings (SSSR count). The van der Waals surface area contributed by atoms with Gasteiger partial charge in [0.15, 0.2) is 12.1 Å². The van der Waals surface area contributed by atoms with Crippen LogP contribution in [-0.2, 0) is 0 Å². The largest absolute Gasteiger partial charge is 0.370 e. The Kier molecular flexibility index (Phi) is 2.71. The van der Waals surface area contributed by atoms with E-state index in [9.17, 15) is 0 Å². The van der Waals surface area contributed by atoms with Gasteiger partial charge in [-0.1, -0.05) is 40.2 Å². The molecule has 0 saturated carbocycles. The summed E-state index contributed by atoms with van der Waals surface area (Å²) in [7, 11) is 0. The van der Waals surface area contributed by atoms with E-state index >= 15 is 0 Å². The van der Waals surface area contributed by atoms with Gasteiger partial charge in [0.1, 0.15) is 0 Å². The van der Waals surface area contributed by atoms with Gasteiger partial charge in [0.2, 0.25) is 5.95 Å². The lowest BCUT2D eigenvalue weighted by Gasteiger charge is -2.23. The van der Waals surface area contributed by atoms with Crippen LogP contribution < -0.4 is 11.1 Å². The number of aliphatic imine (C=N–C) groups is 1. The Hall–Kier alpha value is -2.34. The van der Waals surface area contributed by atoms with Gasteiger partial charge in [-0.05, 0) is 29.8 Å². The summed E-state index contributed by atoms with van der Waals surface area (Å²) in [6.45, 7) is 0. The van der Waals surface area contributed by atoms with E-state index in [1.54, 1.807) is 0 Å². The Balaban J connectivity index is 1.97. The monoisotopic (exact) mass is 341 g/mol. The topological polar surface area (TPSA) is 68.2 Å². The van der Waals surface area contributed by atoms with E-state index in [1.807, 2.05) is 48.5 Å². The van der Waals surface area contributed by atoms with Gasteiger partial charge in [0.05, 0.1) is 11.0 Å². The number of fused-ring (bicyclic) bond motifs is 3. The maximum absolute atomic E-state index is 5.91. The first kappa shape index (κ1) is 12.4. The third kappa shape index (κ3) is 1.99. The van der Waals surface area contributed by atoms with E-state index in [0.717, 1.165) is 21.1 Å². The van der Waals surface area contributed by atoms with Crippen LogP contribution in [0.5, 0.6) is 0 Å². The highest BCUT2D eigenvalue weighted by Gasteiger charge is 2.24. The molecule has 1 atom stereocenters. The molecule has 0 bridgehead atoms. The molecule has 0 aliphatic carbocycles. The predicted octanol–water partition coefficient (Wildman–Crippen LogP) is 3.09. The summed E-state index contributed by atoms with van der Waals surface area (Å²) in [6, 6.07) is 16.1. The summed E-state index contributed by atoms with van der Waals surface area (Å²) in [5.74, 6) is 1.09. The Morgan fingerprint density at radius 1 is 1.14 bits per heavy atom. The van der Waals surface area contributed by atoms with Crippen LogP contribution in [0, 0.1) is 0 Å². The standard InChI is InChI=1S/C15H12BrN5/c16-10-5-3-4-9(8-10)13-19-14(17)20-15-18-11-6-1-2-7-12(11)21(13)15/h1-8,13H,(H3,17,18,19,20). The molecule has 104 valence electrons. The fourth-order valence-electron chi connectivity index (χ4n) is 2.61. The van der Waals surface area contributed by atoms with Gasteiger partial charge in [-0.25, -0.2) is 9.98 Å². The van der Waals surface area contributed by atoms with Crippen molar-refractivity contribution in [1.82, 2.24) is 9.55 Å². The van der Waals surface area contributed by atoms with Crippen LogP contribution in [0.15, 0.2) is 58.0 Å². The van der Waals surface area contributed by atoms with Crippen LogP contribution in [0.2, 0.25) is 0 Å². The van der Waals surface area contributed by atoms with Crippen LogP contribution in [-0.4, -0.2) is 15.5 Å². The number of guanidine groups is 1. The number of para-hydroxylation sites is 2. The van der Waals surface area contributed by atoms with E-state index in [0.29, 0.717) is 11.9 Å². The van der Waals surface area contributed by atoms with Gasteiger partial charge in [0.25, 0.3) is 0 Å². The molecule has 0 spiro atoms. The maximum atomic E-state index is 5.91. The Labute approximate surface area is 129 Å². The summed E-state index contributed by atoms with van der Waals surface area (Å²) >= 11 is 3.50. The second-order valence-electron chi connectivity index (χ2n) is 4.86. The normalized spacial score (nSPS) is 17.2. The molecule has 2 aromatic carbocycles. The molecule has 1 unspecified atom stereocenters. The maximum Gasteiger partial charge on any atom is 0.212 e. The van der Waals surface area contributed by atoms with Gasteiger partial charge in [-0.15, -0.1) is 0 Å². The Morgan fingerprint density at radius 2 is 2.00 bits per heavy atom. The number of rotatable bonds is 1. The van der Waals surface area contributed by atoms with Crippen molar-refractivity contribution in [3.05, 3.63) is 58.6 Å². The summed E-state index contributed by atoms with van der Waals surface area (Å²) in [6.07, 6.45) is -0.217. The fourth-order valence-corrected chi connectivity index (χ4v) is 3.02. The summed E-state index contributed by atoms with van der Waals surface area (Å²) in [5, 5.41) is 3.03. The average Bonchev–Trinajstić information content (AvgIpc) is 2.84. The average molecular weight is 342 g/mol. The number of benzene rings is 2. The highest BCUT2D eigenvalue weighted by Crippen LogP contribution is 2.32. The number of nitrogens with zero attached hydrogens (tertiary/aromatic N) is 3. The van der Waals surface area contributed by atoms with E-state index in [2.05, 4.69) is 35.8 Å². The molecular weight excluding hydrogens is 330 g/mol. The summed E-state index contributed by atoms with van der Waals surface area (Å²) < 4.78 is 3.08. The molecule has 0 saturated heterocycles. The Bertz CT molecular complexity index is 867. The molecule has 1 aliphatic heterocycles. The molecule has 3 N–H and O–H groups in total.